The van der Waals surface area contributed by atoms with Gasteiger partial charge in [-0.25, -0.2) is 4.98 Å². The van der Waals surface area contributed by atoms with Crippen LogP contribution in [0, 0.1) is 0 Å². The first-order chi connectivity index (χ1) is 20.4. The second-order valence-electron chi connectivity index (χ2n) is 12.1. The van der Waals surface area contributed by atoms with Crippen LogP contribution in [0.5, 0.6) is 0 Å². The van der Waals surface area contributed by atoms with Crippen molar-refractivity contribution in [2.75, 3.05) is 0 Å². The van der Waals surface area contributed by atoms with Gasteiger partial charge in [-0.15, -0.1) is 11.8 Å². The van der Waals surface area contributed by atoms with Gasteiger partial charge in [0.15, 0.2) is 0 Å². The fraction of sp³-hybridized carbons (Fsp3) is 0.343. The number of para-hydroxylation sites is 2. The first kappa shape index (κ1) is 28.6. The molecule has 0 saturated carbocycles. The highest BCUT2D eigenvalue weighted by molar-refractivity contribution is 8.00. The van der Waals surface area contributed by atoms with Crippen LogP contribution in [0.25, 0.3) is 11.0 Å². The monoisotopic (exact) mass is 576 g/mol. The van der Waals surface area contributed by atoms with Crippen molar-refractivity contribution in [2.45, 2.75) is 81.9 Å². The minimum atomic E-state index is 0.154. The molecule has 0 spiro atoms. The number of nitrogens with zero attached hydrogens (tertiary/aromatic N) is 4. The molecule has 3 aromatic heterocycles. The summed E-state index contributed by atoms with van der Waals surface area (Å²) >= 11 is 1.87. The number of aryl methyl sites for hydroxylation is 1. The molecule has 0 amide bonds. The van der Waals surface area contributed by atoms with Crippen LogP contribution in [0.3, 0.4) is 0 Å². The zero-order valence-electron chi connectivity index (χ0n) is 24.8. The summed E-state index contributed by atoms with van der Waals surface area (Å²) in [6, 6.07) is 26.1. The SMILES string of the molecule is CC(C)(C)Sc1cccnc1CNCc1ccc(CN(Cc2nc3ccccc3[nH]2)C2CCCc3cccnc32)cc1. The van der Waals surface area contributed by atoms with Gasteiger partial charge >= 0.3 is 0 Å². The highest BCUT2D eigenvalue weighted by atomic mass is 32.2. The second kappa shape index (κ2) is 12.8. The fourth-order valence-corrected chi connectivity index (χ4v) is 6.84. The Morgan fingerprint density at radius 2 is 1.67 bits per heavy atom. The third-order valence-corrected chi connectivity index (χ3v) is 8.90. The van der Waals surface area contributed by atoms with E-state index < -0.39 is 0 Å². The number of hydrogen-bond donors (Lipinski definition) is 2. The molecule has 3 heterocycles. The van der Waals surface area contributed by atoms with E-state index in [1.165, 1.54) is 33.7 Å². The summed E-state index contributed by atoms with van der Waals surface area (Å²) in [4.78, 5) is 21.8. The molecule has 0 fully saturated rings. The summed E-state index contributed by atoms with van der Waals surface area (Å²) in [7, 11) is 0. The summed E-state index contributed by atoms with van der Waals surface area (Å²) in [5, 5.41) is 3.61. The number of pyridine rings is 2. The van der Waals surface area contributed by atoms with Crippen LogP contribution < -0.4 is 5.32 Å². The summed E-state index contributed by atoms with van der Waals surface area (Å²) in [5.74, 6) is 0.999. The molecule has 1 atom stereocenters. The van der Waals surface area contributed by atoms with Gasteiger partial charge in [0.25, 0.3) is 0 Å². The molecule has 1 aliphatic rings. The lowest BCUT2D eigenvalue weighted by atomic mass is 9.90. The molecule has 0 bridgehead atoms. The van der Waals surface area contributed by atoms with E-state index >= 15 is 0 Å². The molecule has 0 aliphatic heterocycles. The third kappa shape index (κ3) is 7.09. The highest BCUT2D eigenvalue weighted by Gasteiger charge is 2.28. The van der Waals surface area contributed by atoms with Crippen molar-refractivity contribution in [3.05, 3.63) is 119 Å². The molecule has 42 heavy (non-hydrogen) atoms. The topological polar surface area (TPSA) is 69.7 Å². The minimum absolute atomic E-state index is 0.154. The maximum atomic E-state index is 4.91. The Morgan fingerprint density at radius 1 is 0.881 bits per heavy atom. The molecule has 5 aromatic rings. The van der Waals surface area contributed by atoms with Crippen molar-refractivity contribution in [1.82, 2.24) is 30.2 Å². The van der Waals surface area contributed by atoms with Crippen LogP contribution in [0.4, 0.5) is 0 Å². The number of H-pyrrole nitrogens is 1. The molecule has 1 unspecified atom stereocenters. The molecule has 216 valence electrons. The van der Waals surface area contributed by atoms with Gasteiger partial charge in [0.1, 0.15) is 5.82 Å². The predicted molar refractivity (Wildman–Crippen MR) is 172 cm³/mol. The van der Waals surface area contributed by atoms with E-state index in [1.807, 2.05) is 36.3 Å². The van der Waals surface area contributed by atoms with Gasteiger partial charge in [0.2, 0.25) is 0 Å². The molecule has 2 aromatic carbocycles. The second-order valence-corrected chi connectivity index (χ2v) is 14.0. The van der Waals surface area contributed by atoms with Crippen LogP contribution in [-0.2, 0) is 32.6 Å². The Bertz CT molecular complexity index is 1590. The average Bonchev–Trinajstić information content (AvgIpc) is 3.40. The zero-order valence-corrected chi connectivity index (χ0v) is 25.6. The van der Waals surface area contributed by atoms with Gasteiger partial charge in [0, 0.05) is 41.7 Å². The summed E-state index contributed by atoms with van der Waals surface area (Å²) < 4.78 is 0.154. The first-order valence-electron chi connectivity index (χ1n) is 14.9. The number of fused-ring (bicyclic) bond motifs is 2. The van der Waals surface area contributed by atoms with Crippen LogP contribution in [-0.4, -0.2) is 29.6 Å². The van der Waals surface area contributed by atoms with Crippen molar-refractivity contribution >= 4 is 22.8 Å². The van der Waals surface area contributed by atoms with Gasteiger partial charge in [-0.2, -0.15) is 0 Å². The van der Waals surface area contributed by atoms with Crippen LogP contribution in [0.15, 0.2) is 90.1 Å². The highest BCUT2D eigenvalue weighted by Crippen LogP contribution is 2.35. The first-order valence-corrected chi connectivity index (χ1v) is 15.8. The molecule has 0 saturated heterocycles. The Hall–Kier alpha value is -3.52. The molecular formula is C35H40N6S. The Kier molecular flexibility index (Phi) is 8.70. The van der Waals surface area contributed by atoms with Gasteiger partial charge in [0.05, 0.1) is 35.0 Å². The van der Waals surface area contributed by atoms with Gasteiger partial charge in [-0.3, -0.25) is 14.9 Å². The Balaban J connectivity index is 1.15. The van der Waals surface area contributed by atoms with E-state index in [4.69, 9.17) is 9.97 Å². The van der Waals surface area contributed by atoms with Crippen LogP contribution in [0.2, 0.25) is 0 Å². The molecule has 1 aliphatic carbocycles. The normalized spacial score (nSPS) is 15.3. The van der Waals surface area contributed by atoms with E-state index in [9.17, 15) is 0 Å². The maximum Gasteiger partial charge on any atom is 0.121 e. The molecule has 6 nitrogen and oxygen atoms in total. The predicted octanol–water partition coefficient (Wildman–Crippen LogP) is 7.61. The molecule has 2 N–H and O–H groups in total. The lowest BCUT2D eigenvalue weighted by Crippen LogP contribution is -2.31. The standard InChI is InChI=1S/C35H40N6S/c1-35(2,3)42-32-14-8-19-37-30(32)22-36-21-25-15-17-26(18-16-25)23-41(24-33-39-28-11-4-5-12-29(28)40-33)31-13-6-9-27-10-7-20-38-34(27)31/h4-5,7-8,10-12,14-20,31,36H,6,9,13,21-24H2,1-3H3,(H,39,40). The van der Waals surface area contributed by atoms with Crippen molar-refractivity contribution in [1.29, 1.82) is 0 Å². The van der Waals surface area contributed by atoms with E-state index in [2.05, 4.69) is 102 Å². The lowest BCUT2D eigenvalue weighted by Gasteiger charge is -2.34. The van der Waals surface area contributed by atoms with Crippen LogP contribution >= 0.6 is 11.8 Å². The lowest BCUT2D eigenvalue weighted by molar-refractivity contribution is 0.153. The molecule has 6 rings (SSSR count). The third-order valence-electron chi connectivity index (χ3n) is 7.69. The Labute approximate surface area is 253 Å². The number of aromatic amines is 1. The number of thioether (sulfide) groups is 1. The minimum Gasteiger partial charge on any atom is -0.341 e. The number of imidazole rings is 1. The summed E-state index contributed by atoms with van der Waals surface area (Å²) in [6.45, 7) is 9.87. The fourth-order valence-electron chi connectivity index (χ4n) is 5.79. The number of hydrogen-bond acceptors (Lipinski definition) is 6. The number of nitrogens with one attached hydrogen (secondary N) is 2. The van der Waals surface area contributed by atoms with E-state index in [1.54, 1.807) is 0 Å². The smallest absolute Gasteiger partial charge is 0.121 e. The van der Waals surface area contributed by atoms with Crippen molar-refractivity contribution < 1.29 is 0 Å². The quantitative estimate of drug-likeness (QED) is 0.167. The van der Waals surface area contributed by atoms with E-state index in [-0.39, 0.29) is 10.8 Å². The van der Waals surface area contributed by atoms with E-state index in [0.29, 0.717) is 0 Å². The Morgan fingerprint density at radius 3 is 2.50 bits per heavy atom. The molecular weight excluding hydrogens is 536 g/mol. The molecule has 0 radical (unpaired) electrons. The van der Waals surface area contributed by atoms with Gasteiger partial charge in [-0.1, -0.05) is 63.2 Å². The van der Waals surface area contributed by atoms with Gasteiger partial charge < -0.3 is 10.3 Å². The van der Waals surface area contributed by atoms with Crippen molar-refractivity contribution in [2.24, 2.45) is 0 Å². The summed E-state index contributed by atoms with van der Waals surface area (Å²) in [5.41, 5.74) is 8.37. The largest absolute Gasteiger partial charge is 0.341 e. The van der Waals surface area contributed by atoms with Gasteiger partial charge in [-0.05, 0) is 66.3 Å². The van der Waals surface area contributed by atoms with Crippen LogP contribution in [0.1, 0.15) is 73.6 Å². The number of aromatic nitrogens is 4. The summed E-state index contributed by atoms with van der Waals surface area (Å²) in [6.07, 6.45) is 7.21. The number of rotatable bonds is 10. The molecule has 7 heteroatoms. The number of benzene rings is 2. The van der Waals surface area contributed by atoms with Crippen molar-refractivity contribution in [3.63, 3.8) is 0 Å². The maximum absolute atomic E-state index is 4.91. The average molecular weight is 577 g/mol. The van der Waals surface area contributed by atoms with Crippen molar-refractivity contribution in [3.8, 4) is 0 Å². The van der Waals surface area contributed by atoms with E-state index in [0.717, 1.165) is 61.6 Å². The zero-order chi connectivity index (χ0) is 28.9.